The van der Waals surface area contributed by atoms with Gasteiger partial charge in [-0.3, -0.25) is 0 Å². The molecule has 0 unspecified atom stereocenters. The monoisotopic (exact) mass is 396 g/mol. The summed E-state index contributed by atoms with van der Waals surface area (Å²) >= 11 is 0. The van der Waals surface area contributed by atoms with Gasteiger partial charge in [0.15, 0.2) is 0 Å². The summed E-state index contributed by atoms with van der Waals surface area (Å²) in [6.07, 6.45) is -3.08. The van der Waals surface area contributed by atoms with E-state index >= 15 is 0 Å². The van der Waals surface area contributed by atoms with E-state index in [4.69, 9.17) is 10.3 Å². The van der Waals surface area contributed by atoms with Crippen LogP contribution < -0.4 is 5.73 Å². The minimum absolute atomic E-state index is 0.0151. The van der Waals surface area contributed by atoms with Gasteiger partial charge < -0.3 is 10.3 Å². The van der Waals surface area contributed by atoms with Gasteiger partial charge in [0.1, 0.15) is 5.82 Å². The molecule has 0 aliphatic heterocycles. The number of nitrogen functional groups attached to an aromatic ring is 1. The summed E-state index contributed by atoms with van der Waals surface area (Å²) in [7, 11) is 0. The molecule has 0 amide bonds. The second-order valence-corrected chi connectivity index (χ2v) is 6.47. The van der Waals surface area contributed by atoms with Crippen molar-refractivity contribution in [2.45, 2.75) is 13.1 Å². The second kappa shape index (κ2) is 7.05. The first kappa shape index (κ1) is 18.7. The number of benzene rings is 2. The van der Waals surface area contributed by atoms with E-state index in [1.165, 1.54) is 18.3 Å². The Hall–Kier alpha value is -3.68. The molecule has 0 bridgehead atoms. The highest BCUT2D eigenvalue weighted by molar-refractivity contribution is 5.74. The summed E-state index contributed by atoms with van der Waals surface area (Å²) in [4.78, 5) is 8.14. The molecule has 0 saturated carbocycles. The zero-order valence-corrected chi connectivity index (χ0v) is 15.2. The van der Waals surface area contributed by atoms with Crippen molar-refractivity contribution in [3.05, 3.63) is 71.9 Å². The van der Waals surface area contributed by atoms with E-state index in [0.717, 1.165) is 11.6 Å². The van der Waals surface area contributed by atoms with Gasteiger partial charge in [0.2, 0.25) is 5.82 Å². The van der Waals surface area contributed by atoms with E-state index in [0.29, 0.717) is 16.9 Å². The van der Waals surface area contributed by atoms with Crippen molar-refractivity contribution in [1.29, 1.82) is 0 Å². The van der Waals surface area contributed by atoms with E-state index in [2.05, 4.69) is 15.1 Å². The lowest BCUT2D eigenvalue weighted by molar-refractivity contribution is -0.137. The van der Waals surface area contributed by atoms with Gasteiger partial charge in [-0.2, -0.15) is 18.2 Å². The smallest absolute Gasteiger partial charge is 0.384 e. The molecule has 4 rings (SSSR count). The molecule has 8 heteroatoms. The second-order valence-electron chi connectivity index (χ2n) is 6.47. The van der Waals surface area contributed by atoms with Crippen LogP contribution >= 0.6 is 0 Å². The third-order valence-electron chi connectivity index (χ3n) is 4.48. The predicted molar refractivity (Wildman–Crippen MR) is 103 cm³/mol. The van der Waals surface area contributed by atoms with Crippen LogP contribution in [0.2, 0.25) is 0 Å². The van der Waals surface area contributed by atoms with Crippen LogP contribution in [0.25, 0.3) is 34.0 Å². The van der Waals surface area contributed by atoms with Crippen molar-refractivity contribution in [3.63, 3.8) is 0 Å². The molecule has 4 aromatic rings. The van der Waals surface area contributed by atoms with Gasteiger partial charge in [0, 0.05) is 17.3 Å². The first-order chi connectivity index (χ1) is 13.8. The van der Waals surface area contributed by atoms with Gasteiger partial charge in [0.05, 0.1) is 5.56 Å². The van der Waals surface area contributed by atoms with Crippen molar-refractivity contribution in [2.75, 3.05) is 5.73 Å². The molecule has 146 valence electrons. The first-order valence-electron chi connectivity index (χ1n) is 8.66. The van der Waals surface area contributed by atoms with Crippen LogP contribution in [0.15, 0.2) is 65.3 Å². The predicted octanol–water partition coefficient (Wildman–Crippen LogP) is 5.38. The zero-order chi connectivity index (χ0) is 20.6. The molecule has 0 radical (unpaired) electrons. The molecule has 2 heterocycles. The van der Waals surface area contributed by atoms with Gasteiger partial charge in [0.25, 0.3) is 5.89 Å². The fourth-order valence-corrected chi connectivity index (χ4v) is 3.02. The number of aromatic nitrogens is 3. The number of pyridine rings is 1. The summed E-state index contributed by atoms with van der Waals surface area (Å²) in [6.45, 7) is 1.77. The SMILES string of the molecule is Cc1ccccc1-c1ccc(-c2nc(-c3ccc(N)nc3)no2)cc1C(F)(F)F. The van der Waals surface area contributed by atoms with E-state index in [1.54, 1.807) is 43.3 Å². The fourth-order valence-electron chi connectivity index (χ4n) is 3.02. The van der Waals surface area contributed by atoms with Crippen molar-refractivity contribution in [2.24, 2.45) is 0 Å². The van der Waals surface area contributed by atoms with Crippen LogP contribution in [-0.4, -0.2) is 15.1 Å². The molecule has 0 spiro atoms. The van der Waals surface area contributed by atoms with Gasteiger partial charge in [-0.25, -0.2) is 4.98 Å². The van der Waals surface area contributed by atoms with Gasteiger partial charge in [-0.15, -0.1) is 0 Å². The number of halogens is 3. The number of hydrogen-bond acceptors (Lipinski definition) is 5. The van der Waals surface area contributed by atoms with Crippen molar-refractivity contribution in [3.8, 4) is 34.0 Å². The average molecular weight is 396 g/mol. The molecule has 0 atom stereocenters. The van der Waals surface area contributed by atoms with Crippen molar-refractivity contribution < 1.29 is 17.7 Å². The maximum atomic E-state index is 13.8. The van der Waals surface area contributed by atoms with E-state index < -0.39 is 11.7 Å². The van der Waals surface area contributed by atoms with Gasteiger partial charge in [-0.1, -0.05) is 35.5 Å². The Morgan fingerprint density at radius 1 is 0.931 bits per heavy atom. The largest absolute Gasteiger partial charge is 0.417 e. The highest BCUT2D eigenvalue weighted by Gasteiger charge is 2.34. The van der Waals surface area contributed by atoms with E-state index in [1.807, 2.05) is 0 Å². The van der Waals surface area contributed by atoms with E-state index in [9.17, 15) is 13.2 Å². The summed E-state index contributed by atoms with van der Waals surface area (Å²) in [5, 5.41) is 3.83. The average Bonchev–Trinajstić information content (AvgIpc) is 3.18. The lowest BCUT2D eigenvalue weighted by Crippen LogP contribution is -2.08. The Bertz CT molecular complexity index is 1170. The molecule has 2 aromatic carbocycles. The minimum atomic E-state index is -4.54. The fraction of sp³-hybridized carbons (Fsp3) is 0.0952. The van der Waals surface area contributed by atoms with Crippen molar-refractivity contribution >= 4 is 5.82 Å². The molecule has 5 nitrogen and oxygen atoms in total. The lowest BCUT2D eigenvalue weighted by Gasteiger charge is -2.15. The van der Waals surface area contributed by atoms with Gasteiger partial charge in [-0.05, 0) is 47.9 Å². The number of alkyl halides is 3. The van der Waals surface area contributed by atoms with Crippen LogP contribution in [0, 0.1) is 6.92 Å². The maximum Gasteiger partial charge on any atom is 0.417 e. The Morgan fingerprint density at radius 2 is 1.69 bits per heavy atom. The van der Waals surface area contributed by atoms with Crippen LogP contribution in [0.1, 0.15) is 11.1 Å². The summed E-state index contributed by atoms with van der Waals surface area (Å²) in [5.41, 5.74) is 6.87. The summed E-state index contributed by atoms with van der Waals surface area (Å²) in [6, 6.07) is 14.1. The molecule has 2 N–H and O–H groups in total. The molecule has 0 aliphatic rings. The number of nitrogens with zero attached hydrogens (tertiary/aromatic N) is 3. The Kier molecular flexibility index (Phi) is 4.54. The third-order valence-corrected chi connectivity index (χ3v) is 4.48. The quantitative estimate of drug-likeness (QED) is 0.503. The normalized spacial score (nSPS) is 11.6. The zero-order valence-electron chi connectivity index (χ0n) is 15.2. The number of nitrogens with two attached hydrogens (primary N) is 1. The number of aryl methyl sites for hydroxylation is 1. The molecular formula is C21H15F3N4O. The third kappa shape index (κ3) is 3.69. The number of anilines is 1. The molecule has 29 heavy (non-hydrogen) atoms. The standard InChI is InChI=1S/C21H15F3N4O/c1-12-4-2-3-5-15(12)16-8-6-13(10-17(16)21(22,23)24)20-27-19(28-29-20)14-7-9-18(25)26-11-14/h2-11H,1H3,(H2,25,26). The number of hydrogen-bond donors (Lipinski definition) is 1. The highest BCUT2D eigenvalue weighted by Crippen LogP contribution is 2.40. The van der Waals surface area contributed by atoms with Crippen LogP contribution in [-0.2, 0) is 6.18 Å². The Labute approximate surface area is 164 Å². The van der Waals surface area contributed by atoms with Crippen LogP contribution in [0.5, 0.6) is 0 Å². The molecule has 0 aliphatic carbocycles. The Morgan fingerprint density at radius 3 is 2.38 bits per heavy atom. The minimum Gasteiger partial charge on any atom is -0.384 e. The van der Waals surface area contributed by atoms with Crippen LogP contribution in [0.4, 0.5) is 19.0 Å². The Balaban J connectivity index is 1.78. The molecule has 2 aromatic heterocycles. The summed E-state index contributed by atoms with van der Waals surface area (Å²) < 4.78 is 46.5. The van der Waals surface area contributed by atoms with Gasteiger partial charge >= 0.3 is 6.18 Å². The lowest BCUT2D eigenvalue weighted by atomic mass is 9.94. The first-order valence-corrected chi connectivity index (χ1v) is 8.66. The van der Waals surface area contributed by atoms with E-state index in [-0.39, 0.29) is 22.8 Å². The highest BCUT2D eigenvalue weighted by atomic mass is 19.4. The summed E-state index contributed by atoms with van der Waals surface area (Å²) in [5.74, 6) is 0.529. The van der Waals surface area contributed by atoms with Crippen LogP contribution in [0.3, 0.4) is 0 Å². The number of rotatable bonds is 3. The molecular weight excluding hydrogens is 381 g/mol. The van der Waals surface area contributed by atoms with Crippen molar-refractivity contribution in [1.82, 2.24) is 15.1 Å². The molecule has 0 saturated heterocycles. The maximum absolute atomic E-state index is 13.8. The molecule has 0 fully saturated rings. The topological polar surface area (TPSA) is 77.8 Å².